The molecule has 0 fully saturated rings. The van der Waals surface area contributed by atoms with Crippen molar-refractivity contribution in [3.63, 3.8) is 0 Å². The molecule has 0 radical (unpaired) electrons. The van der Waals surface area contributed by atoms with Crippen LogP contribution in [0.2, 0.25) is 5.02 Å². The van der Waals surface area contributed by atoms with Crippen molar-refractivity contribution < 1.29 is 8.78 Å². The number of rotatable bonds is 0. The van der Waals surface area contributed by atoms with Crippen molar-refractivity contribution in [1.82, 2.24) is 0 Å². The van der Waals surface area contributed by atoms with E-state index in [9.17, 15) is 8.78 Å². The van der Waals surface area contributed by atoms with Gasteiger partial charge in [0, 0.05) is 16.6 Å². The lowest BCUT2D eigenvalue weighted by Gasteiger charge is -2.23. The number of hydrogen-bond donors (Lipinski definition) is 1. The average Bonchev–Trinajstić information content (AvgIpc) is 2.14. The second kappa shape index (κ2) is 3.48. The van der Waals surface area contributed by atoms with Crippen molar-refractivity contribution in [1.29, 1.82) is 0 Å². The van der Waals surface area contributed by atoms with E-state index in [1.54, 1.807) is 0 Å². The van der Waals surface area contributed by atoms with E-state index in [0.717, 1.165) is 12.5 Å². The maximum absolute atomic E-state index is 13.4. The van der Waals surface area contributed by atoms with Gasteiger partial charge in [0.05, 0.1) is 0 Å². The molecule has 1 nitrogen and oxygen atoms in total. The van der Waals surface area contributed by atoms with Crippen LogP contribution in [0.5, 0.6) is 0 Å². The van der Waals surface area contributed by atoms with E-state index in [2.05, 4.69) is 0 Å². The summed E-state index contributed by atoms with van der Waals surface area (Å²) in [4.78, 5) is 0. The molecule has 0 heterocycles. The Bertz CT molecular complexity index is 379. The van der Waals surface area contributed by atoms with E-state index in [-0.39, 0.29) is 10.6 Å². The molecule has 0 saturated heterocycles. The molecule has 0 spiro atoms. The standard InChI is InChI=1S/C10H10ClF2N/c11-6-4-7(12)10(13)9-5(6)2-1-3-8(9)14/h4,8H,1-3,14H2. The monoisotopic (exact) mass is 217 g/mol. The Morgan fingerprint density at radius 1 is 1.43 bits per heavy atom. The zero-order valence-electron chi connectivity index (χ0n) is 7.49. The third kappa shape index (κ3) is 1.41. The zero-order chi connectivity index (χ0) is 10.3. The first-order chi connectivity index (χ1) is 6.61. The molecular weight excluding hydrogens is 208 g/mol. The van der Waals surface area contributed by atoms with Crippen LogP contribution in [-0.4, -0.2) is 0 Å². The van der Waals surface area contributed by atoms with E-state index in [1.807, 2.05) is 0 Å². The number of nitrogens with two attached hydrogens (primary N) is 1. The summed E-state index contributed by atoms with van der Waals surface area (Å²) in [5.41, 5.74) is 6.66. The Hall–Kier alpha value is -0.670. The summed E-state index contributed by atoms with van der Waals surface area (Å²) in [5.74, 6) is -1.75. The normalized spacial score (nSPS) is 20.7. The van der Waals surface area contributed by atoms with Gasteiger partial charge in [-0.05, 0) is 30.9 Å². The van der Waals surface area contributed by atoms with Gasteiger partial charge in [-0.15, -0.1) is 0 Å². The lowest BCUT2D eigenvalue weighted by Crippen LogP contribution is -2.20. The van der Waals surface area contributed by atoms with Crippen LogP contribution in [0, 0.1) is 11.6 Å². The van der Waals surface area contributed by atoms with Crippen molar-refractivity contribution in [2.45, 2.75) is 25.3 Å². The topological polar surface area (TPSA) is 26.0 Å². The Morgan fingerprint density at radius 2 is 2.14 bits per heavy atom. The molecular formula is C10H10ClF2N. The van der Waals surface area contributed by atoms with Gasteiger partial charge in [0.1, 0.15) is 0 Å². The van der Waals surface area contributed by atoms with Gasteiger partial charge >= 0.3 is 0 Å². The van der Waals surface area contributed by atoms with Gasteiger partial charge in [0.2, 0.25) is 0 Å². The highest BCUT2D eigenvalue weighted by Gasteiger charge is 2.25. The average molecular weight is 218 g/mol. The third-order valence-corrected chi connectivity index (χ3v) is 2.96. The van der Waals surface area contributed by atoms with Crippen LogP contribution >= 0.6 is 11.6 Å². The van der Waals surface area contributed by atoms with E-state index in [1.165, 1.54) is 0 Å². The van der Waals surface area contributed by atoms with E-state index >= 15 is 0 Å². The first kappa shape index (κ1) is 9.87. The molecule has 0 aliphatic heterocycles. The summed E-state index contributed by atoms with van der Waals surface area (Å²) in [6.07, 6.45) is 2.24. The second-order valence-electron chi connectivity index (χ2n) is 3.55. The molecule has 0 aromatic heterocycles. The maximum Gasteiger partial charge on any atom is 0.163 e. The lowest BCUT2D eigenvalue weighted by molar-refractivity contribution is 0.464. The van der Waals surface area contributed by atoms with Crippen LogP contribution in [-0.2, 0) is 6.42 Å². The quantitative estimate of drug-likeness (QED) is 0.665. The summed E-state index contributed by atoms with van der Waals surface area (Å²) < 4.78 is 26.4. The Kier molecular flexibility index (Phi) is 2.45. The van der Waals surface area contributed by atoms with Crippen LogP contribution < -0.4 is 5.73 Å². The molecule has 2 N–H and O–H groups in total. The minimum atomic E-state index is -0.911. The van der Waals surface area contributed by atoms with Gasteiger partial charge in [-0.1, -0.05) is 11.6 Å². The molecule has 1 aromatic rings. The van der Waals surface area contributed by atoms with Gasteiger partial charge in [-0.25, -0.2) is 8.78 Å². The Labute approximate surface area is 85.9 Å². The molecule has 4 heteroatoms. The summed E-state index contributed by atoms with van der Waals surface area (Å²) in [5, 5.41) is 0.286. The lowest BCUT2D eigenvalue weighted by atomic mass is 9.87. The van der Waals surface area contributed by atoms with Gasteiger partial charge < -0.3 is 5.73 Å². The predicted molar refractivity (Wildman–Crippen MR) is 51.2 cm³/mol. The molecule has 1 aromatic carbocycles. The number of hydrogen-bond acceptors (Lipinski definition) is 1. The molecule has 0 saturated carbocycles. The van der Waals surface area contributed by atoms with Crippen molar-refractivity contribution in [2.75, 3.05) is 0 Å². The molecule has 14 heavy (non-hydrogen) atoms. The van der Waals surface area contributed by atoms with Crippen LogP contribution in [0.4, 0.5) is 8.78 Å². The smallest absolute Gasteiger partial charge is 0.163 e. The van der Waals surface area contributed by atoms with E-state index in [4.69, 9.17) is 17.3 Å². The maximum atomic E-state index is 13.4. The minimum Gasteiger partial charge on any atom is -0.324 e. The summed E-state index contributed by atoms with van der Waals surface area (Å²) in [6.45, 7) is 0. The first-order valence-electron chi connectivity index (χ1n) is 4.53. The molecule has 0 amide bonds. The molecule has 0 bridgehead atoms. The Balaban J connectivity index is 2.67. The molecule has 1 aliphatic carbocycles. The van der Waals surface area contributed by atoms with Crippen LogP contribution in [0.3, 0.4) is 0 Å². The van der Waals surface area contributed by atoms with Gasteiger partial charge in [0.25, 0.3) is 0 Å². The number of benzene rings is 1. The predicted octanol–water partition coefficient (Wildman–Crippen LogP) is 2.95. The fraction of sp³-hybridized carbons (Fsp3) is 0.400. The summed E-state index contributed by atoms with van der Waals surface area (Å²) in [7, 11) is 0. The van der Waals surface area contributed by atoms with Crippen molar-refractivity contribution in [3.8, 4) is 0 Å². The molecule has 1 aliphatic rings. The number of fused-ring (bicyclic) bond motifs is 1. The van der Waals surface area contributed by atoms with E-state index < -0.39 is 17.7 Å². The molecule has 1 atom stereocenters. The van der Waals surface area contributed by atoms with Crippen molar-refractivity contribution >= 4 is 11.6 Å². The van der Waals surface area contributed by atoms with Gasteiger partial charge in [-0.2, -0.15) is 0 Å². The highest BCUT2D eigenvalue weighted by atomic mass is 35.5. The second-order valence-corrected chi connectivity index (χ2v) is 3.95. The summed E-state index contributed by atoms with van der Waals surface area (Å²) in [6, 6.07) is 0.597. The zero-order valence-corrected chi connectivity index (χ0v) is 8.24. The van der Waals surface area contributed by atoms with Gasteiger partial charge in [-0.3, -0.25) is 0 Å². The van der Waals surface area contributed by atoms with E-state index in [0.29, 0.717) is 18.4 Å². The first-order valence-corrected chi connectivity index (χ1v) is 4.91. The summed E-state index contributed by atoms with van der Waals surface area (Å²) >= 11 is 5.82. The highest BCUT2D eigenvalue weighted by molar-refractivity contribution is 6.31. The van der Waals surface area contributed by atoms with Crippen LogP contribution in [0.25, 0.3) is 0 Å². The fourth-order valence-electron chi connectivity index (χ4n) is 1.94. The van der Waals surface area contributed by atoms with Crippen LogP contribution in [0.15, 0.2) is 6.07 Å². The molecule has 76 valence electrons. The van der Waals surface area contributed by atoms with Gasteiger partial charge in [0.15, 0.2) is 11.6 Å². The SMILES string of the molecule is NC1CCCc2c(Cl)cc(F)c(F)c21. The largest absolute Gasteiger partial charge is 0.324 e. The number of halogens is 3. The molecule has 2 rings (SSSR count). The fourth-order valence-corrected chi connectivity index (χ4v) is 2.23. The van der Waals surface area contributed by atoms with Crippen molar-refractivity contribution in [3.05, 3.63) is 33.9 Å². The van der Waals surface area contributed by atoms with Crippen molar-refractivity contribution in [2.24, 2.45) is 5.73 Å². The molecule has 1 unspecified atom stereocenters. The minimum absolute atomic E-state index is 0.265. The Morgan fingerprint density at radius 3 is 2.86 bits per heavy atom. The third-order valence-electron chi connectivity index (χ3n) is 2.63. The highest BCUT2D eigenvalue weighted by Crippen LogP contribution is 2.35. The van der Waals surface area contributed by atoms with Crippen LogP contribution in [0.1, 0.15) is 30.0 Å².